The fourth-order valence-corrected chi connectivity index (χ4v) is 3.11. The van der Waals surface area contributed by atoms with Crippen LogP contribution in [0.15, 0.2) is 30.9 Å². The summed E-state index contributed by atoms with van der Waals surface area (Å²) in [5.74, 6) is 0. The maximum Gasteiger partial charge on any atom is 0.407 e. The zero-order chi connectivity index (χ0) is 16.7. The Morgan fingerprint density at radius 1 is 1.46 bits per heavy atom. The van der Waals surface area contributed by atoms with Gasteiger partial charge in [0.15, 0.2) is 5.65 Å². The van der Waals surface area contributed by atoms with E-state index in [2.05, 4.69) is 26.3 Å². The molecule has 1 amide bonds. The third-order valence-corrected chi connectivity index (χ3v) is 4.39. The number of nitrogens with one attached hydrogen (secondary N) is 1. The molecule has 0 unspecified atom stereocenters. The van der Waals surface area contributed by atoms with E-state index in [1.165, 1.54) is 4.90 Å². The molecule has 4 heterocycles. The van der Waals surface area contributed by atoms with Crippen LogP contribution in [0.25, 0.3) is 22.2 Å². The van der Waals surface area contributed by atoms with E-state index in [0.717, 1.165) is 16.5 Å². The lowest BCUT2D eigenvalue weighted by Gasteiger charge is -2.47. The van der Waals surface area contributed by atoms with E-state index in [1.807, 2.05) is 12.3 Å². The Morgan fingerprint density at radius 2 is 2.29 bits per heavy atom. The van der Waals surface area contributed by atoms with Crippen molar-refractivity contribution in [3.8, 4) is 17.2 Å². The number of nitrogens with zero attached hydrogens (tertiary/aromatic N) is 6. The fraction of sp³-hybridized carbons (Fsp3) is 0.267. The molecular formula is C15H13N7O2. The van der Waals surface area contributed by atoms with Crippen molar-refractivity contribution < 1.29 is 9.90 Å². The third kappa shape index (κ3) is 2.00. The van der Waals surface area contributed by atoms with Crippen LogP contribution in [0.5, 0.6) is 0 Å². The molecule has 1 saturated heterocycles. The summed E-state index contributed by atoms with van der Waals surface area (Å²) in [6, 6.07) is 4.05. The van der Waals surface area contributed by atoms with Gasteiger partial charge in [-0.05, 0) is 6.07 Å². The Labute approximate surface area is 136 Å². The quantitative estimate of drug-likeness (QED) is 0.751. The fourth-order valence-electron chi connectivity index (χ4n) is 3.11. The van der Waals surface area contributed by atoms with Gasteiger partial charge in [0.25, 0.3) is 0 Å². The Balaban J connectivity index is 1.71. The predicted molar refractivity (Wildman–Crippen MR) is 82.9 cm³/mol. The molecular weight excluding hydrogens is 310 g/mol. The van der Waals surface area contributed by atoms with Crippen LogP contribution in [0.4, 0.5) is 4.79 Å². The minimum absolute atomic E-state index is 0.200. The van der Waals surface area contributed by atoms with Crippen LogP contribution in [0.2, 0.25) is 0 Å². The molecule has 0 aromatic carbocycles. The topological polar surface area (TPSA) is 124 Å². The number of likely N-dealkylation sites (tertiary alicyclic amines) is 1. The summed E-state index contributed by atoms with van der Waals surface area (Å²) in [4.78, 5) is 15.3. The van der Waals surface area contributed by atoms with Crippen molar-refractivity contribution in [3.63, 3.8) is 0 Å². The standard InChI is InChI=1S/C15H13N7O2/c16-3-2-15(8-21(9-15)14(23)24)22-7-10(5-19-22)12-6-18-20-13-11(12)1-4-17-13/h1,4-7H,2,8-9H2,(H,17,20)(H,23,24). The Hall–Kier alpha value is -3.41. The molecule has 1 fully saturated rings. The van der Waals surface area contributed by atoms with E-state index in [-0.39, 0.29) is 19.5 Å². The zero-order valence-corrected chi connectivity index (χ0v) is 12.5. The highest BCUT2D eigenvalue weighted by Crippen LogP contribution is 2.34. The number of rotatable bonds is 3. The second kappa shape index (κ2) is 5.06. The minimum Gasteiger partial charge on any atom is -0.465 e. The number of aromatic nitrogens is 5. The molecule has 120 valence electrons. The normalized spacial score (nSPS) is 15.9. The number of hydrogen-bond donors (Lipinski definition) is 2. The van der Waals surface area contributed by atoms with Gasteiger partial charge >= 0.3 is 6.09 Å². The molecule has 0 radical (unpaired) electrons. The lowest BCUT2D eigenvalue weighted by Crippen LogP contribution is -2.64. The first-order valence-corrected chi connectivity index (χ1v) is 7.32. The summed E-state index contributed by atoms with van der Waals surface area (Å²) < 4.78 is 1.70. The van der Waals surface area contributed by atoms with Gasteiger partial charge in [0.1, 0.15) is 5.54 Å². The number of nitriles is 1. The minimum atomic E-state index is -0.983. The Kier molecular flexibility index (Phi) is 2.99. The van der Waals surface area contributed by atoms with Gasteiger partial charge in [-0.1, -0.05) is 0 Å². The second-order valence-corrected chi connectivity index (χ2v) is 5.87. The SMILES string of the molecule is N#CCC1(n2cc(-c3cnnc4[nH]ccc34)cn2)CN(C(=O)O)C1. The third-order valence-electron chi connectivity index (χ3n) is 4.39. The van der Waals surface area contributed by atoms with Crippen molar-refractivity contribution in [2.75, 3.05) is 13.1 Å². The summed E-state index contributed by atoms with van der Waals surface area (Å²) in [6.07, 6.45) is 6.21. The summed E-state index contributed by atoms with van der Waals surface area (Å²) in [5.41, 5.74) is 1.81. The van der Waals surface area contributed by atoms with Crippen molar-refractivity contribution >= 4 is 17.1 Å². The van der Waals surface area contributed by atoms with Crippen LogP contribution in [-0.4, -0.2) is 54.2 Å². The molecule has 4 rings (SSSR count). The van der Waals surface area contributed by atoms with E-state index in [9.17, 15) is 4.79 Å². The van der Waals surface area contributed by atoms with Crippen molar-refractivity contribution in [1.82, 2.24) is 29.9 Å². The number of aromatic amines is 1. The molecule has 3 aromatic heterocycles. The van der Waals surface area contributed by atoms with Gasteiger partial charge in [-0.2, -0.15) is 15.5 Å². The van der Waals surface area contributed by atoms with E-state index < -0.39 is 11.6 Å². The van der Waals surface area contributed by atoms with Gasteiger partial charge in [0, 0.05) is 28.9 Å². The first kappa shape index (κ1) is 14.2. The molecule has 3 aromatic rings. The summed E-state index contributed by atoms with van der Waals surface area (Å²) in [6.45, 7) is 0.510. The molecule has 0 bridgehead atoms. The first-order valence-electron chi connectivity index (χ1n) is 7.32. The van der Waals surface area contributed by atoms with Crippen molar-refractivity contribution in [2.45, 2.75) is 12.0 Å². The lowest BCUT2D eigenvalue weighted by molar-refractivity contribution is 0.0139. The average molecular weight is 323 g/mol. The molecule has 0 atom stereocenters. The van der Waals surface area contributed by atoms with E-state index >= 15 is 0 Å². The van der Waals surface area contributed by atoms with Gasteiger partial charge in [-0.3, -0.25) is 4.68 Å². The monoisotopic (exact) mass is 323 g/mol. The van der Waals surface area contributed by atoms with Crippen LogP contribution in [0.3, 0.4) is 0 Å². The molecule has 0 saturated carbocycles. The number of carboxylic acid groups (broad SMARTS) is 1. The number of amides is 1. The number of H-pyrrole nitrogens is 1. The average Bonchev–Trinajstić information content (AvgIpc) is 3.18. The first-order chi connectivity index (χ1) is 11.6. The number of carbonyl (C=O) groups is 1. The van der Waals surface area contributed by atoms with Crippen LogP contribution in [0, 0.1) is 11.3 Å². The van der Waals surface area contributed by atoms with Crippen LogP contribution in [-0.2, 0) is 5.54 Å². The molecule has 9 nitrogen and oxygen atoms in total. The van der Waals surface area contributed by atoms with Crippen LogP contribution >= 0.6 is 0 Å². The van der Waals surface area contributed by atoms with E-state index in [1.54, 1.807) is 23.3 Å². The van der Waals surface area contributed by atoms with Gasteiger partial charge in [0.05, 0.1) is 38.0 Å². The zero-order valence-electron chi connectivity index (χ0n) is 12.5. The molecule has 24 heavy (non-hydrogen) atoms. The maximum atomic E-state index is 11.0. The van der Waals surface area contributed by atoms with Gasteiger partial charge in [0.2, 0.25) is 0 Å². The Bertz CT molecular complexity index is 962. The van der Waals surface area contributed by atoms with Gasteiger partial charge in [-0.15, -0.1) is 5.10 Å². The van der Waals surface area contributed by atoms with Gasteiger partial charge < -0.3 is 15.0 Å². The van der Waals surface area contributed by atoms with E-state index in [0.29, 0.717) is 5.65 Å². The molecule has 9 heteroatoms. The molecule has 0 spiro atoms. The second-order valence-electron chi connectivity index (χ2n) is 5.87. The van der Waals surface area contributed by atoms with Crippen molar-refractivity contribution in [1.29, 1.82) is 5.26 Å². The molecule has 0 aliphatic carbocycles. The highest BCUT2D eigenvalue weighted by Gasteiger charge is 2.47. The largest absolute Gasteiger partial charge is 0.465 e. The van der Waals surface area contributed by atoms with Crippen LogP contribution in [0.1, 0.15) is 6.42 Å². The summed E-state index contributed by atoms with van der Waals surface area (Å²) >= 11 is 0. The van der Waals surface area contributed by atoms with Crippen LogP contribution < -0.4 is 0 Å². The maximum absolute atomic E-state index is 11.0. The number of fused-ring (bicyclic) bond motifs is 1. The summed E-state index contributed by atoms with van der Waals surface area (Å²) in [5, 5.41) is 31.5. The molecule has 2 N–H and O–H groups in total. The Morgan fingerprint density at radius 3 is 3.04 bits per heavy atom. The van der Waals surface area contributed by atoms with Gasteiger partial charge in [-0.25, -0.2) is 4.79 Å². The predicted octanol–water partition coefficient (Wildman–Crippen LogP) is 1.42. The smallest absolute Gasteiger partial charge is 0.407 e. The highest BCUT2D eigenvalue weighted by atomic mass is 16.4. The number of hydrogen-bond acceptors (Lipinski definition) is 5. The highest BCUT2D eigenvalue weighted by molar-refractivity contribution is 5.91. The van der Waals surface area contributed by atoms with E-state index in [4.69, 9.17) is 10.4 Å². The molecule has 1 aliphatic rings. The lowest BCUT2D eigenvalue weighted by atomic mass is 9.87. The summed E-state index contributed by atoms with van der Waals surface area (Å²) in [7, 11) is 0. The molecule has 1 aliphatic heterocycles. The van der Waals surface area contributed by atoms with Crippen molar-refractivity contribution in [2.24, 2.45) is 0 Å². The van der Waals surface area contributed by atoms with Crippen molar-refractivity contribution in [3.05, 3.63) is 30.9 Å².